The van der Waals surface area contributed by atoms with Gasteiger partial charge in [0.25, 0.3) is 0 Å². The highest BCUT2D eigenvalue weighted by atomic mass is 16.2. The molecule has 0 radical (unpaired) electrons. The van der Waals surface area contributed by atoms with Crippen molar-refractivity contribution in [2.75, 3.05) is 17.2 Å². The van der Waals surface area contributed by atoms with Gasteiger partial charge in [-0.15, -0.1) is 0 Å². The third kappa shape index (κ3) is 3.82. The van der Waals surface area contributed by atoms with Gasteiger partial charge >= 0.3 is 0 Å². The number of nitrogens with one attached hydrogen (secondary N) is 2. The Bertz CT molecular complexity index is 761. The van der Waals surface area contributed by atoms with Crippen molar-refractivity contribution in [1.82, 2.24) is 4.90 Å². The van der Waals surface area contributed by atoms with Crippen LogP contribution in [0.4, 0.5) is 11.4 Å². The van der Waals surface area contributed by atoms with Gasteiger partial charge in [-0.1, -0.05) is 18.2 Å². The molecule has 0 aromatic heterocycles. The van der Waals surface area contributed by atoms with Crippen LogP contribution in [-0.4, -0.2) is 35.1 Å². The molecule has 26 heavy (non-hydrogen) atoms. The molecule has 1 aliphatic heterocycles. The van der Waals surface area contributed by atoms with Crippen LogP contribution in [0.25, 0.3) is 0 Å². The molecule has 2 atom stereocenters. The molecule has 2 unspecified atom stereocenters. The summed E-state index contributed by atoms with van der Waals surface area (Å²) in [7, 11) is 0. The van der Waals surface area contributed by atoms with Crippen molar-refractivity contribution >= 4 is 35.0 Å². The zero-order chi connectivity index (χ0) is 18.7. The van der Waals surface area contributed by atoms with Crippen molar-refractivity contribution in [3.8, 4) is 0 Å². The minimum atomic E-state index is -0.293. The SMILES string of the molecule is CC(=O)Nc1cccc(NC(=O)CCN2C(=O)C3CC=CCC3C2=O)c1. The number of allylic oxidation sites excluding steroid dienone is 2. The number of anilines is 2. The maximum absolute atomic E-state index is 12.4. The summed E-state index contributed by atoms with van der Waals surface area (Å²) in [5.41, 5.74) is 1.12. The number of benzene rings is 1. The number of nitrogens with zero attached hydrogens (tertiary/aromatic N) is 1. The van der Waals surface area contributed by atoms with Gasteiger partial charge in [0, 0.05) is 31.3 Å². The molecule has 7 heteroatoms. The number of carbonyl (C=O) groups excluding carboxylic acids is 4. The average molecular weight is 355 g/mol. The quantitative estimate of drug-likeness (QED) is 0.623. The van der Waals surface area contributed by atoms with E-state index in [1.54, 1.807) is 24.3 Å². The monoisotopic (exact) mass is 355 g/mol. The number of imide groups is 1. The van der Waals surface area contributed by atoms with Crippen LogP contribution in [0.15, 0.2) is 36.4 Å². The summed E-state index contributed by atoms with van der Waals surface area (Å²) in [4.78, 5) is 49.2. The standard InChI is InChI=1S/C19H21N3O4/c1-12(23)20-13-5-4-6-14(11-13)21-17(24)9-10-22-18(25)15-7-2-3-8-16(15)19(22)26/h2-6,11,15-16H,7-10H2,1H3,(H,20,23)(H,21,24). The Balaban J connectivity index is 1.55. The molecule has 3 rings (SSSR count). The highest BCUT2D eigenvalue weighted by molar-refractivity contribution is 6.06. The highest BCUT2D eigenvalue weighted by Crippen LogP contribution is 2.35. The van der Waals surface area contributed by atoms with Gasteiger partial charge in [0.15, 0.2) is 0 Å². The number of amides is 4. The lowest BCUT2D eigenvalue weighted by atomic mass is 9.85. The third-order valence-electron chi connectivity index (χ3n) is 4.63. The van der Waals surface area contributed by atoms with Crippen molar-refractivity contribution in [3.63, 3.8) is 0 Å². The van der Waals surface area contributed by atoms with Crippen LogP contribution < -0.4 is 10.6 Å². The van der Waals surface area contributed by atoms with E-state index in [-0.39, 0.29) is 48.4 Å². The maximum atomic E-state index is 12.4. The van der Waals surface area contributed by atoms with Crippen molar-refractivity contribution in [2.24, 2.45) is 11.8 Å². The number of rotatable bonds is 5. The van der Waals surface area contributed by atoms with Crippen molar-refractivity contribution < 1.29 is 19.2 Å². The molecule has 1 saturated heterocycles. The third-order valence-corrected chi connectivity index (χ3v) is 4.63. The van der Waals surface area contributed by atoms with E-state index < -0.39 is 0 Å². The molecule has 1 heterocycles. The minimum Gasteiger partial charge on any atom is -0.326 e. The fraction of sp³-hybridized carbons (Fsp3) is 0.368. The summed E-state index contributed by atoms with van der Waals surface area (Å²) in [5.74, 6) is -1.39. The molecule has 1 aliphatic carbocycles. The molecular formula is C19H21N3O4. The molecule has 0 spiro atoms. The van der Waals surface area contributed by atoms with E-state index in [1.165, 1.54) is 11.8 Å². The molecular weight excluding hydrogens is 334 g/mol. The van der Waals surface area contributed by atoms with Crippen LogP contribution >= 0.6 is 0 Å². The second-order valence-corrected chi connectivity index (χ2v) is 6.54. The van der Waals surface area contributed by atoms with Gasteiger partial charge in [-0.05, 0) is 31.0 Å². The molecule has 0 bridgehead atoms. The largest absolute Gasteiger partial charge is 0.326 e. The molecule has 0 saturated carbocycles. The van der Waals surface area contributed by atoms with Crippen LogP contribution in [0.1, 0.15) is 26.2 Å². The summed E-state index contributed by atoms with van der Waals surface area (Å²) in [5, 5.41) is 5.36. The fourth-order valence-corrected chi connectivity index (χ4v) is 3.40. The second kappa shape index (κ2) is 7.51. The van der Waals surface area contributed by atoms with Crippen LogP contribution in [0, 0.1) is 11.8 Å². The lowest BCUT2D eigenvalue weighted by Crippen LogP contribution is -2.34. The van der Waals surface area contributed by atoms with E-state index in [9.17, 15) is 19.2 Å². The topological polar surface area (TPSA) is 95.6 Å². The highest BCUT2D eigenvalue weighted by Gasteiger charge is 2.46. The van der Waals surface area contributed by atoms with Gasteiger partial charge in [0.1, 0.15) is 0 Å². The Kier molecular flexibility index (Phi) is 5.16. The van der Waals surface area contributed by atoms with Gasteiger partial charge in [-0.2, -0.15) is 0 Å². The maximum Gasteiger partial charge on any atom is 0.233 e. The predicted octanol–water partition coefficient (Wildman–Crippen LogP) is 1.92. The number of hydrogen-bond acceptors (Lipinski definition) is 4. The van der Waals surface area contributed by atoms with E-state index >= 15 is 0 Å². The second-order valence-electron chi connectivity index (χ2n) is 6.54. The Morgan fingerprint density at radius 2 is 1.62 bits per heavy atom. The van der Waals surface area contributed by atoms with Crippen LogP contribution in [-0.2, 0) is 19.2 Å². The summed E-state index contributed by atoms with van der Waals surface area (Å²) < 4.78 is 0. The lowest BCUT2D eigenvalue weighted by molar-refractivity contribution is -0.140. The molecule has 4 amide bonds. The minimum absolute atomic E-state index is 0.0364. The molecule has 1 aromatic rings. The van der Waals surface area contributed by atoms with E-state index in [4.69, 9.17) is 0 Å². The summed E-state index contributed by atoms with van der Waals surface area (Å²) in [6, 6.07) is 6.78. The number of carbonyl (C=O) groups is 4. The van der Waals surface area contributed by atoms with Gasteiger partial charge in [0.05, 0.1) is 11.8 Å². The van der Waals surface area contributed by atoms with Crippen molar-refractivity contribution in [1.29, 1.82) is 0 Å². The first kappa shape index (κ1) is 17.8. The van der Waals surface area contributed by atoms with Crippen LogP contribution in [0.3, 0.4) is 0 Å². The van der Waals surface area contributed by atoms with Gasteiger partial charge in [-0.25, -0.2) is 0 Å². The number of fused-ring (bicyclic) bond motifs is 1. The smallest absolute Gasteiger partial charge is 0.233 e. The Labute approximate surface area is 151 Å². The van der Waals surface area contributed by atoms with Crippen molar-refractivity contribution in [3.05, 3.63) is 36.4 Å². The normalized spacial score (nSPS) is 21.5. The van der Waals surface area contributed by atoms with Gasteiger partial charge in [0.2, 0.25) is 23.6 Å². The van der Waals surface area contributed by atoms with Crippen LogP contribution in [0.5, 0.6) is 0 Å². The molecule has 2 aliphatic rings. The lowest BCUT2D eigenvalue weighted by Gasteiger charge is -2.14. The van der Waals surface area contributed by atoms with E-state index in [0.29, 0.717) is 24.2 Å². The first-order valence-corrected chi connectivity index (χ1v) is 8.63. The van der Waals surface area contributed by atoms with Crippen LogP contribution in [0.2, 0.25) is 0 Å². The number of hydrogen-bond donors (Lipinski definition) is 2. The molecule has 7 nitrogen and oxygen atoms in total. The first-order valence-electron chi connectivity index (χ1n) is 8.63. The molecule has 1 fully saturated rings. The van der Waals surface area contributed by atoms with Crippen molar-refractivity contribution in [2.45, 2.75) is 26.2 Å². The Hall–Kier alpha value is -2.96. The Morgan fingerprint density at radius 1 is 1.04 bits per heavy atom. The van der Waals surface area contributed by atoms with E-state index in [1.807, 2.05) is 12.2 Å². The zero-order valence-electron chi connectivity index (χ0n) is 14.5. The van der Waals surface area contributed by atoms with Gasteiger partial charge < -0.3 is 10.6 Å². The summed E-state index contributed by atoms with van der Waals surface area (Å²) >= 11 is 0. The van der Waals surface area contributed by atoms with E-state index in [2.05, 4.69) is 10.6 Å². The zero-order valence-corrected chi connectivity index (χ0v) is 14.5. The summed E-state index contributed by atoms with van der Waals surface area (Å²) in [6.07, 6.45) is 5.09. The van der Waals surface area contributed by atoms with Gasteiger partial charge in [-0.3, -0.25) is 24.1 Å². The molecule has 2 N–H and O–H groups in total. The number of likely N-dealkylation sites (tertiary alicyclic amines) is 1. The van der Waals surface area contributed by atoms with E-state index in [0.717, 1.165) is 0 Å². The Morgan fingerprint density at radius 3 is 2.19 bits per heavy atom. The first-order chi connectivity index (χ1) is 12.5. The molecule has 1 aromatic carbocycles. The predicted molar refractivity (Wildman–Crippen MR) is 96.1 cm³/mol. The molecule has 136 valence electrons. The average Bonchev–Trinajstić information content (AvgIpc) is 2.84. The fourth-order valence-electron chi connectivity index (χ4n) is 3.40. The summed E-state index contributed by atoms with van der Waals surface area (Å²) in [6.45, 7) is 1.49.